The molecule has 2 amide bonds. The van der Waals surface area contributed by atoms with Crippen LogP contribution < -0.4 is 16.4 Å². The summed E-state index contributed by atoms with van der Waals surface area (Å²) in [7, 11) is 0. The van der Waals surface area contributed by atoms with Crippen molar-refractivity contribution in [1.29, 1.82) is 0 Å². The number of carbonyl (C=O) groups is 3. The van der Waals surface area contributed by atoms with Crippen molar-refractivity contribution in [2.75, 3.05) is 12.3 Å². The normalized spacial score (nSPS) is 13.5. The lowest BCUT2D eigenvalue weighted by Crippen LogP contribution is -2.50. The van der Waals surface area contributed by atoms with Crippen molar-refractivity contribution in [3.8, 4) is 0 Å². The number of amides is 2. The van der Waals surface area contributed by atoms with Crippen LogP contribution >= 0.6 is 12.6 Å². The van der Waals surface area contributed by atoms with Crippen molar-refractivity contribution in [1.82, 2.24) is 10.6 Å². The number of carbonyl (C=O) groups excluding carboxylic acids is 1. The van der Waals surface area contributed by atoms with E-state index in [1.165, 1.54) is 0 Å². The number of urea groups is 1. The number of carboxylic acids is 2. The first-order chi connectivity index (χ1) is 7.88. The zero-order chi connectivity index (χ0) is 13.4. The van der Waals surface area contributed by atoms with E-state index >= 15 is 0 Å². The second kappa shape index (κ2) is 7.74. The van der Waals surface area contributed by atoms with Gasteiger partial charge in [0.05, 0.1) is 0 Å². The minimum absolute atomic E-state index is 0.164. The van der Waals surface area contributed by atoms with Crippen LogP contribution in [-0.4, -0.2) is 52.6 Å². The zero-order valence-electron chi connectivity index (χ0n) is 8.92. The van der Waals surface area contributed by atoms with E-state index in [1.807, 2.05) is 0 Å². The summed E-state index contributed by atoms with van der Waals surface area (Å²) in [4.78, 5) is 32.2. The van der Waals surface area contributed by atoms with Gasteiger partial charge in [0.1, 0.15) is 12.1 Å². The second-order valence-corrected chi connectivity index (χ2v) is 3.65. The highest BCUT2D eigenvalue weighted by molar-refractivity contribution is 7.80. The largest absolute Gasteiger partial charge is 0.480 e. The first-order valence-electron chi connectivity index (χ1n) is 4.75. The van der Waals surface area contributed by atoms with Crippen molar-refractivity contribution < 1.29 is 24.6 Å². The molecule has 0 spiro atoms. The van der Waals surface area contributed by atoms with Gasteiger partial charge in [-0.1, -0.05) is 0 Å². The summed E-state index contributed by atoms with van der Waals surface area (Å²) in [6, 6.07) is -3.07. The Morgan fingerprint density at radius 1 is 1.24 bits per heavy atom. The Labute approximate surface area is 103 Å². The Bertz CT molecular complexity index is 299. The minimum atomic E-state index is -1.25. The molecular formula is C8H15N3O5S. The molecule has 0 heterocycles. The molecule has 98 valence electrons. The molecule has 0 unspecified atom stereocenters. The van der Waals surface area contributed by atoms with Gasteiger partial charge in [0.2, 0.25) is 0 Å². The topological polar surface area (TPSA) is 142 Å². The van der Waals surface area contributed by atoms with Gasteiger partial charge in [-0.25, -0.2) is 9.59 Å². The van der Waals surface area contributed by atoms with Crippen LogP contribution in [0.2, 0.25) is 0 Å². The Kier molecular flexibility index (Phi) is 7.06. The fourth-order valence-electron chi connectivity index (χ4n) is 0.886. The average molecular weight is 265 g/mol. The zero-order valence-corrected chi connectivity index (χ0v) is 9.81. The maximum absolute atomic E-state index is 11.2. The molecule has 0 aromatic carbocycles. The summed E-state index contributed by atoms with van der Waals surface area (Å²) in [5.74, 6) is -2.14. The van der Waals surface area contributed by atoms with Crippen molar-refractivity contribution >= 4 is 30.6 Å². The van der Waals surface area contributed by atoms with Crippen LogP contribution in [0.4, 0.5) is 4.79 Å². The number of nitrogens with one attached hydrogen (secondary N) is 2. The highest BCUT2D eigenvalue weighted by Crippen LogP contribution is 1.94. The monoisotopic (exact) mass is 265 g/mol. The first kappa shape index (κ1) is 15.5. The van der Waals surface area contributed by atoms with Gasteiger partial charge in [-0.3, -0.25) is 4.79 Å². The Morgan fingerprint density at radius 2 is 1.82 bits per heavy atom. The van der Waals surface area contributed by atoms with Crippen molar-refractivity contribution in [3.63, 3.8) is 0 Å². The van der Waals surface area contributed by atoms with Crippen molar-refractivity contribution in [2.24, 2.45) is 5.73 Å². The SMILES string of the molecule is N[C@@H](CNC(=O)N[C@@H](CCS)C(=O)O)C(=O)O. The molecule has 0 aromatic rings. The van der Waals surface area contributed by atoms with E-state index in [1.54, 1.807) is 0 Å². The molecule has 0 fully saturated rings. The molecular weight excluding hydrogens is 250 g/mol. The molecule has 0 aliphatic heterocycles. The van der Waals surface area contributed by atoms with Crippen LogP contribution in [-0.2, 0) is 9.59 Å². The lowest BCUT2D eigenvalue weighted by molar-refractivity contribution is -0.140. The molecule has 0 aliphatic rings. The third kappa shape index (κ3) is 6.64. The first-order valence-corrected chi connectivity index (χ1v) is 5.38. The lowest BCUT2D eigenvalue weighted by atomic mass is 10.2. The van der Waals surface area contributed by atoms with Crippen molar-refractivity contribution in [3.05, 3.63) is 0 Å². The second-order valence-electron chi connectivity index (χ2n) is 3.20. The summed E-state index contributed by atoms with van der Waals surface area (Å²) >= 11 is 3.86. The molecule has 8 nitrogen and oxygen atoms in total. The maximum Gasteiger partial charge on any atom is 0.326 e. The van der Waals surface area contributed by atoms with Gasteiger partial charge in [0, 0.05) is 6.54 Å². The predicted octanol–water partition coefficient (Wildman–Crippen LogP) is -1.53. The van der Waals surface area contributed by atoms with E-state index < -0.39 is 30.1 Å². The van der Waals surface area contributed by atoms with E-state index in [-0.39, 0.29) is 13.0 Å². The third-order valence-electron chi connectivity index (χ3n) is 1.82. The number of hydrogen-bond donors (Lipinski definition) is 6. The van der Waals surface area contributed by atoms with Gasteiger partial charge in [-0.05, 0) is 12.2 Å². The van der Waals surface area contributed by atoms with Gasteiger partial charge in [0.15, 0.2) is 0 Å². The van der Waals surface area contributed by atoms with E-state index in [0.29, 0.717) is 5.75 Å². The van der Waals surface area contributed by atoms with Crippen LogP contribution in [0.1, 0.15) is 6.42 Å². The standard InChI is InChI=1S/C8H15N3O5S/c9-4(6(12)13)3-10-8(16)11-5(1-2-17)7(14)15/h4-5,17H,1-3,9H2,(H,12,13)(H,14,15)(H2,10,11,16)/t4-,5-/m0/s1. The van der Waals surface area contributed by atoms with Crippen molar-refractivity contribution in [2.45, 2.75) is 18.5 Å². The number of hydrogen-bond acceptors (Lipinski definition) is 5. The molecule has 9 heteroatoms. The van der Waals surface area contributed by atoms with Crippen LogP contribution in [0.15, 0.2) is 0 Å². The molecule has 2 atom stereocenters. The molecule has 0 saturated carbocycles. The molecule has 0 bridgehead atoms. The van der Waals surface area contributed by atoms with Gasteiger partial charge >= 0.3 is 18.0 Å². The molecule has 0 radical (unpaired) electrons. The molecule has 6 N–H and O–H groups in total. The Balaban J connectivity index is 4.06. The fraction of sp³-hybridized carbons (Fsp3) is 0.625. The molecule has 0 rings (SSSR count). The highest BCUT2D eigenvalue weighted by Gasteiger charge is 2.19. The van der Waals surface area contributed by atoms with Crippen LogP contribution in [0, 0.1) is 0 Å². The van der Waals surface area contributed by atoms with Gasteiger partial charge in [-0.15, -0.1) is 0 Å². The number of rotatable bonds is 7. The smallest absolute Gasteiger partial charge is 0.326 e. The average Bonchev–Trinajstić information content (AvgIpc) is 2.24. The number of nitrogens with two attached hydrogens (primary N) is 1. The van der Waals surface area contributed by atoms with Crippen LogP contribution in [0.25, 0.3) is 0 Å². The van der Waals surface area contributed by atoms with Gasteiger partial charge < -0.3 is 26.6 Å². The fourth-order valence-corrected chi connectivity index (χ4v) is 1.14. The maximum atomic E-state index is 11.2. The van der Waals surface area contributed by atoms with E-state index in [2.05, 4.69) is 23.3 Å². The van der Waals surface area contributed by atoms with Crippen LogP contribution in [0.3, 0.4) is 0 Å². The van der Waals surface area contributed by atoms with E-state index in [9.17, 15) is 14.4 Å². The summed E-state index contributed by atoms with van der Waals surface area (Å²) in [5, 5.41) is 21.5. The minimum Gasteiger partial charge on any atom is -0.480 e. The van der Waals surface area contributed by atoms with E-state index in [0.717, 1.165) is 0 Å². The summed E-state index contributed by atoms with van der Waals surface area (Å²) < 4.78 is 0. The Hall–Kier alpha value is -1.48. The predicted molar refractivity (Wildman–Crippen MR) is 62.0 cm³/mol. The molecule has 0 saturated heterocycles. The highest BCUT2D eigenvalue weighted by atomic mass is 32.1. The summed E-state index contributed by atoms with van der Waals surface area (Å²) in [6.07, 6.45) is 0.164. The summed E-state index contributed by atoms with van der Waals surface area (Å²) in [5.41, 5.74) is 5.14. The number of aliphatic carboxylic acids is 2. The Morgan fingerprint density at radius 3 is 2.24 bits per heavy atom. The molecule has 0 aliphatic carbocycles. The molecule has 0 aromatic heterocycles. The molecule has 17 heavy (non-hydrogen) atoms. The van der Waals surface area contributed by atoms with Gasteiger partial charge in [0.25, 0.3) is 0 Å². The summed E-state index contributed by atoms with van der Waals surface area (Å²) in [6.45, 7) is -0.283. The number of thiol groups is 1. The van der Waals surface area contributed by atoms with Gasteiger partial charge in [-0.2, -0.15) is 12.6 Å². The van der Waals surface area contributed by atoms with E-state index in [4.69, 9.17) is 15.9 Å². The number of carboxylic acid groups (broad SMARTS) is 2. The van der Waals surface area contributed by atoms with Crippen LogP contribution in [0.5, 0.6) is 0 Å². The third-order valence-corrected chi connectivity index (χ3v) is 2.08. The quantitative estimate of drug-likeness (QED) is 0.308. The lowest BCUT2D eigenvalue weighted by Gasteiger charge is -2.14.